The lowest BCUT2D eigenvalue weighted by molar-refractivity contribution is -0.139. The van der Waals surface area contributed by atoms with Crippen molar-refractivity contribution < 1.29 is 42.9 Å². The minimum atomic E-state index is -1.35. The Hall–Kier alpha value is -6.41. The first-order chi connectivity index (χ1) is 25.3. The fraction of sp³-hybridized carbons (Fsp3) is 0.184. The molecule has 14 heteroatoms. The highest BCUT2D eigenvalue weighted by Gasteiger charge is 2.40. The Labute approximate surface area is 302 Å². The molecule has 1 aromatic heterocycles. The number of nitrogens with zero attached hydrogens (tertiary/aromatic N) is 3. The van der Waals surface area contributed by atoms with Gasteiger partial charge in [0.25, 0.3) is 17.6 Å². The van der Waals surface area contributed by atoms with Crippen LogP contribution < -0.4 is 33.9 Å². The first-order valence-electron chi connectivity index (χ1n) is 16.0. The van der Waals surface area contributed by atoms with Crippen molar-refractivity contribution >= 4 is 46.2 Å². The number of amides is 3. The van der Waals surface area contributed by atoms with E-state index in [0.717, 1.165) is 10.5 Å². The van der Waals surface area contributed by atoms with Crippen molar-refractivity contribution in [3.05, 3.63) is 106 Å². The summed E-state index contributed by atoms with van der Waals surface area (Å²) in [6.07, 6.45) is 0. The predicted molar refractivity (Wildman–Crippen MR) is 191 cm³/mol. The van der Waals surface area contributed by atoms with Gasteiger partial charge in [-0.05, 0) is 42.0 Å². The zero-order chi connectivity index (χ0) is 36.4. The average molecular weight is 721 g/mol. The number of nitrogens with one attached hydrogen (secondary N) is 1. The van der Waals surface area contributed by atoms with Crippen LogP contribution in [-0.4, -0.2) is 68.1 Å². The van der Waals surface area contributed by atoms with E-state index >= 15 is 0 Å². The lowest BCUT2D eigenvalue weighted by atomic mass is 10.0. The Kier molecular flexibility index (Phi) is 9.46. The number of methoxy groups -OCH3 is 3. The summed E-state index contributed by atoms with van der Waals surface area (Å²) in [5.74, 6) is -1.04. The molecule has 264 valence electrons. The van der Waals surface area contributed by atoms with Crippen molar-refractivity contribution in [1.29, 1.82) is 0 Å². The summed E-state index contributed by atoms with van der Waals surface area (Å²) < 4.78 is 27.8. The first-order valence-corrected chi connectivity index (χ1v) is 16.9. The van der Waals surface area contributed by atoms with Gasteiger partial charge in [-0.2, -0.15) is 0 Å². The molecule has 0 bridgehead atoms. The number of benzene rings is 4. The minimum absolute atomic E-state index is 0.0444. The summed E-state index contributed by atoms with van der Waals surface area (Å²) in [7, 11) is 4.35. The number of rotatable bonds is 12. The summed E-state index contributed by atoms with van der Waals surface area (Å²) in [5, 5.41) is 5.30. The van der Waals surface area contributed by atoms with Gasteiger partial charge in [0.1, 0.15) is 17.6 Å². The molecule has 3 heterocycles. The Morgan fingerprint density at radius 1 is 0.904 bits per heavy atom. The SMILES string of the molecule is COc1cc([C@@H](C(=O)Nc2ccc3c(c2)OCO3)N(Cc2nc(-c3ccccc3)cs2)C(=O)CN2C(=O)C(=O)c3ccccc32)cc(OC)c1OC. The van der Waals surface area contributed by atoms with E-state index in [-0.39, 0.29) is 36.1 Å². The van der Waals surface area contributed by atoms with E-state index in [1.165, 1.54) is 43.6 Å². The maximum atomic E-state index is 14.7. The molecule has 52 heavy (non-hydrogen) atoms. The lowest BCUT2D eigenvalue weighted by Gasteiger charge is -2.32. The molecule has 1 N–H and O–H groups in total. The molecule has 0 saturated heterocycles. The topological polar surface area (TPSA) is 146 Å². The van der Waals surface area contributed by atoms with Crippen molar-refractivity contribution in [1.82, 2.24) is 9.88 Å². The largest absolute Gasteiger partial charge is 0.493 e. The Morgan fingerprint density at radius 3 is 2.35 bits per heavy atom. The van der Waals surface area contributed by atoms with E-state index in [0.29, 0.717) is 39.1 Å². The van der Waals surface area contributed by atoms with E-state index in [1.807, 2.05) is 35.7 Å². The highest BCUT2D eigenvalue weighted by Crippen LogP contribution is 2.42. The molecule has 0 unspecified atom stereocenters. The number of thiazole rings is 1. The third-order valence-corrected chi connectivity index (χ3v) is 9.46. The molecular formula is C38H32N4O9S. The third-order valence-electron chi connectivity index (χ3n) is 8.62. The number of fused-ring (bicyclic) bond motifs is 2. The van der Waals surface area contributed by atoms with Gasteiger partial charge in [0.05, 0.1) is 44.8 Å². The van der Waals surface area contributed by atoms with Gasteiger partial charge in [0.2, 0.25) is 18.4 Å². The maximum Gasteiger partial charge on any atom is 0.299 e. The van der Waals surface area contributed by atoms with Gasteiger partial charge in [-0.15, -0.1) is 11.3 Å². The lowest BCUT2D eigenvalue weighted by Crippen LogP contribution is -2.46. The fourth-order valence-electron chi connectivity index (χ4n) is 6.14. The zero-order valence-electron chi connectivity index (χ0n) is 28.3. The molecule has 5 aromatic rings. The average Bonchev–Trinajstić information content (AvgIpc) is 3.90. The number of ketones is 1. The molecule has 2 aliphatic heterocycles. The molecule has 0 saturated carbocycles. The number of hydrogen-bond acceptors (Lipinski definition) is 11. The summed E-state index contributed by atoms with van der Waals surface area (Å²) in [6, 6.07) is 22.8. The van der Waals surface area contributed by atoms with Gasteiger partial charge in [-0.1, -0.05) is 42.5 Å². The summed E-state index contributed by atoms with van der Waals surface area (Å²) in [5.41, 5.74) is 2.76. The van der Waals surface area contributed by atoms with Gasteiger partial charge >= 0.3 is 0 Å². The summed E-state index contributed by atoms with van der Waals surface area (Å²) in [4.78, 5) is 62.7. The van der Waals surface area contributed by atoms with Crippen LogP contribution >= 0.6 is 11.3 Å². The summed E-state index contributed by atoms with van der Waals surface area (Å²) in [6.45, 7) is -0.622. The number of para-hydroxylation sites is 1. The van der Waals surface area contributed by atoms with Crippen molar-refractivity contribution in [3.8, 4) is 40.0 Å². The quantitative estimate of drug-likeness (QED) is 0.164. The van der Waals surface area contributed by atoms with Crippen molar-refractivity contribution in [3.63, 3.8) is 0 Å². The molecule has 1 atom stereocenters. The first kappa shape index (κ1) is 34.1. The zero-order valence-corrected chi connectivity index (χ0v) is 29.1. The molecule has 4 aromatic carbocycles. The fourth-order valence-corrected chi connectivity index (χ4v) is 6.94. The second-order valence-electron chi connectivity index (χ2n) is 11.7. The van der Waals surface area contributed by atoms with Crippen LogP contribution in [0.4, 0.5) is 11.4 Å². The van der Waals surface area contributed by atoms with Crippen LogP contribution in [0.3, 0.4) is 0 Å². The maximum absolute atomic E-state index is 14.7. The molecule has 0 aliphatic carbocycles. The molecule has 13 nitrogen and oxygen atoms in total. The molecular weight excluding hydrogens is 689 g/mol. The van der Waals surface area contributed by atoms with Crippen LogP contribution in [0.1, 0.15) is 27.0 Å². The number of carbonyl (C=O) groups excluding carboxylic acids is 4. The predicted octanol–water partition coefficient (Wildman–Crippen LogP) is 5.50. The van der Waals surface area contributed by atoms with Gasteiger partial charge < -0.3 is 33.9 Å². The van der Waals surface area contributed by atoms with Crippen LogP contribution in [0.5, 0.6) is 28.7 Å². The van der Waals surface area contributed by atoms with E-state index in [9.17, 15) is 19.2 Å². The second kappa shape index (κ2) is 14.4. The molecule has 0 radical (unpaired) electrons. The molecule has 0 spiro atoms. The van der Waals surface area contributed by atoms with Crippen molar-refractivity contribution in [2.45, 2.75) is 12.6 Å². The second-order valence-corrected chi connectivity index (χ2v) is 12.6. The molecule has 0 fully saturated rings. The van der Waals surface area contributed by atoms with Crippen molar-refractivity contribution in [2.24, 2.45) is 0 Å². The number of ether oxygens (including phenoxy) is 5. The van der Waals surface area contributed by atoms with E-state index in [1.54, 1.807) is 48.5 Å². The number of hydrogen-bond donors (Lipinski definition) is 1. The van der Waals surface area contributed by atoms with Crippen LogP contribution in [0.15, 0.2) is 90.3 Å². The number of Topliss-reactive ketones (excluding diaryl/α,β-unsaturated/α-hetero) is 1. The number of carbonyl (C=O) groups is 4. The van der Waals surface area contributed by atoms with Gasteiger partial charge in [0, 0.05) is 22.7 Å². The van der Waals surface area contributed by atoms with E-state index in [4.69, 9.17) is 28.7 Å². The highest BCUT2D eigenvalue weighted by atomic mass is 32.1. The Bertz CT molecular complexity index is 2160. The van der Waals surface area contributed by atoms with Crippen LogP contribution in [0.2, 0.25) is 0 Å². The Balaban J connectivity index is 1.33. The minimum Gasteiger partial charge on any atom is -0.493 e. The van der Waals surface area contributed by atoms with Crippen molar-refractivity contribution in [2.75, 3.05) is 44.9 Å². The number of anilines is 2. The molecule has 7 rings (SSSR count). The number of aromatic nitrogens is 1. The monoisotopic (exact) mass is 720 g/mol. The van der Waals surface area contributed by atoms with Crippen LogP contribution in [0.25, 0.3) is 11.3 Å². The smallest absolute Gasteiger partial charge is 0.299 e. The highest BCUT2D eigenvalue weighted by molar-refractivity contribution is 7.09. The Morgan fingerprint density at radius 2 is 1.62 bits per heavy atom. The van der Waals surface area contributed by atoms with E-state index in [2.05, 4.69) is 5.32 Å². The van der Waals surface area contributed by atoms with Gasteiger partial charge in [-0.3, -0.25) is 24.1 Å². The van der Waals surface area contributed by atoms with Gasteiger partial charge in [-0.25, -0.2) is 4.98 Å². The van der Waals surface area contributed by atoms with Gasteiger partial charge in [0.15, 0.2) is 23.0 Å². The summed E-state index contributed by atoms with van der Waals surface area (Å²) >= 11 is 1.31. The molecule has 3 amide bonds. The third kappa shape index (κ3) is 6.47. The standard InChI is InChI=1S/C38H32N4O9S/c1-47-30-15-23(16-31(48-2)36(30)49-3)34(37(45)39-24-13-14-28-29(17-24)51-21-50-28)42(18-32-40-26(20-52-32)22-9-5-4-6-10-22)33(43)19-41-27-12-8-7-11-25(27)35(44)38(41)46/h4-17,20,34H,18-19,21H2,1-3H3,(H,39,45)/t34-/m0/s1. The van der Waals surface area contributed by atoms with Crippen LogP contribution in [0, 0.1) is 0 Å². The van der Waals surface area contributed by atoms with E-state index < -0.39 is 36.1 Å². The van der Waals surface area contributed by atoms with Crippen LogP contribution in [-0.2, 0) is 20.9 Å². The molecule has 2 aliphatic rings. The normalized spacial score (nSPS) is 13.4.